The van der Waals surface area contributed by atoms with E-state index in [4.69, 9.17) is 39.3 Å². The number of carbonyl (C=O) groups excluding carboxylic acids is 1. The average Bonchev–Trinajstić information content (AvgIpc) is 3.35. The number of aliphatic carboxylic acids is 1. The van der Waals surface area contributed by atoms with E-state index in [1.165, 1.54) is 0 Å². The normalized spacial score (nSPS) is 12.4. The molecule has 0 atom stereocenters. The van der Waals surface area contributed by atoms with E-state index in [-0.39, 0.29) is 12.3 Å². The van der Waals surface area contributed by atoms with Gasteiger partial charge in [0, 0.05) is 40.2 Å². The van der Waals surface area contributed by atoms with Gasteiger partial charge in [-0.05, 0) is 89.9 Å². The van der Waals surface area contributed by atoms with Crippen molar-refractivity contribution in [1.29, 1.82) is 0 Å². The van der Waals surface area contributed by atoms with Crippen LogP contribution in [-0.2, 0) is 38.0 Å². The molecular formula is C58H96N2O9. The Morgan fingerprint density at radius 1 is 0.391 bits per heavy atom. The molecule has 4 N–H and O–H groups in total. The summed E-state index contributed by atoms with van der Waals surface area (Å²) in [6.45, 7) is 11.2. The highest BCUT2D eigenvalue weighted by Crippen LogP contribution is 2.00. The molecule has 0 aliphatic heterocycles. The van der Waals surface area contributed by atoms with Crippen LogP contribution in [0.4, 0.5) is 0 Å². The lowest BCUT2D eigenvalue weighted by molar-refractivity contribution is -0.136. The van der Waals surface area contributed by atoms with Crippen molar-refractivity contribution in [2.45, 2.75) is 117 Å². The summed E-state index contributed by atoms with van der Waals surface area (Å²) in [6.07, 6.45) is 65.8. The number of methoxy groups -OCH3 is 2. The first-order chi connectivity index (χ1) is 34.0. The van der Waals surface area contributed by atoms with E-state index >= 15 is 0 Å². The van der Waals surface area contributed by atoms with Gasteiger partial charge in [0.1, 0.15) is 0 Å². The van der Waals surface area contributed by atoms with E-state index < -0.39 is 5.97 Å². The second-order valence-electron chi connectivity index (χ2n) is 14.9. The van der Waals surface area contributed by atoms with Crippen molar-refractivity contribution in [2.75, 3.05) is 93.4 Å². The zero-order valence-electron chi connectivity index (χ0n) is 43.4. The van der Waals surface area contributed by atoms with Gasteiger partial charge in [0.05, 0.1) is 66.1 Å². The van der Waals surface area contributed by atoms with E-state index in [2.05, 4.69) is 153 Å². The Hall–Kier alpha value is -4.46. The van der Waals surface area contributed by atoms with Gasteiger partial charge in [0.2, 0.25) is 5.91 Å². The number of rotatable bonds is 45. The van der Waals surface area contributed by atoms with E-state index in [0.29, 0.717) is 92.0 Å². The third-order valence-electron chi connectivity index (χ3n) is 8.69. The predicted octanol–water partition coefficient (Wildman–Crippen LogP) is 12.4. The van der Waals surface area contributed by atoms with Crippen molar-refractivity contribution in [2.24, 2.45) is 5.73 Å². The number of nitrogens with one attached hydrogen (secondary N) is 1. The SMILES string of the molecule is CC/C=C\C/C=C\C/C=C\C/C=C\C/C=C\C/C=C\CCC(=O)NCCOCCOCCOC.CC/C=C\C/C=C\C/C=C\C/C=C\C/C=C\C/C=C\CCC(=O)O.COCCOCCOCCN. The summed E-state index contributed by atoms with van der Waals surface area (Å²) < 4.78 is 30.6. The van der Waals surface area contributed by atoms with E-state index in [1.54, 1.807) is 14.2 Å². The zero-order chi connectivity index (χ0) is 50.9. The Bertz CT molecular complexity index is 1430. The third-order valence-corrected chi connectivity index (χ3v) is 8.69. The molecule has 0 aliphatic carbocycles. The topological polar surface area (TPSA) is 148 Å². The van der Waals surface area contributed by atoms with Gasteiger partial charge >= 0.3 is 5.97 Å². The van der Waals surface area contributed by atoms with Crippen molar-refractivity contribution in [1.82, 2.24) is 5.32 Å². The fraction of sp³-hybridized carbons (Fsp3) is 0.552. The maximum absolute atomic E-state index is 11.8. The average molecular weight is 965 g/mol. The van der Waals surface area contributed by atoms with Crippen LogP contribution < -0.4 is 11.1 Å². The molecule has 0 saturated heterocycles. The molecule has 0 aromatic heterocycles. The minimum atomic E-state index is -0.741. The first kappa shape index (κ1) is 68.8. The van der Waals surface area contributed by atoms with Crippen LogP contribution in [-0.4, -0.2) is 110 Å². The van der Waals surface area contributed by atoms with Crippen LogP contribution in [0.2, 0.25) is 0 Å². The van der Waals surface area contributed by atoms with Crippen molar-refractivity contribution in [3.63, 3.8) is 0 Å². The summed E-state index contributed by atoms with van der Waals surface area (Å²) in [4.78, 5) is 22.1. The third kappa shape index (κ3) is 75.3. The standard InChI is InChI=1S/C29H47NO4.C22H32O2.C7H17NO3/c1-3-4-5-6-7-8-9-10-11-12-13-14-15-16-17-18-19-20-21-22-29(31)30-23-24-33-27-28-34-26-25-32-2;1-2-3-4-5-6-7-8-9-10-11-12-13-14-15-16-17-18-19-20-21-22(23)24;1-9-4-5-11-7-6-10-3-2-8/h4-5,7-8,10-11,13-14,16-17,19-20H,3,6,9,12,15,18,21-28H2,1-2H3,(H,30,31);3-4,6-7,9-10,12-13,15-16,18-19H,2,5,8,11,14,17,20-21H2,1H3,(H,23,24);2-8H2,1H3/b5-4-,8-7-,11-10-,14-13-,17-16-,20-19-;4-3-,7-6-,10-9-,13-12-,16-15-,19-18-;. The molecule has 0 unspecified atom stereocenters. The lowest BCUT2D eigenvalue weighted by Gasteiger charge is -2.06. The summed E-state index contributed by atoms with van der Waals surface area (Å²) in [5.74, 6) is -0.686. The summed E-state index contributed by atoms with van der Waals surface area (Å²) in [6, 6.07) is 0. The number of allylic oxidation sites excluding steroid dienone is 24. The molecule has 11 nitrogen and oxygen atoms in total. The molecule has 69 heavy (non-hydrogen) atoms. The summed E-state index contributed by atoms with van der Waals surface area (Å²) >= 11 is 0. The summed E-state index contributed by atoms with van der Waals surface area (Å²) in [5.41, 5.74) is 5.21. The fourth-order valence-electron chi connectivity index (χ4n) is 5.06. The molecule has 0 saturated carbocycles. The Balaban J connectivity index is -0.00000107. The van der Waals surface area contributed by atoms with E-state index in [9.17, 15) is 9.59 Å². The first-order valence-corrected chi connectivity index (χ1v) is 25.3. The van der Waals surface area contributed by atoms with Gasteiger partial charge < -0.3 is 44.6 Å². The zero-order valence-corrected chi connectivity index (χ0v) is 43.4. The summed E-state index contributed by atoms with van der Waals surface area (Å²) in [5, 5.41) is 11.4. The van der Waals surface area contributed by atoms with Crippen LogP contribution in [0.15, 0.2) is 146 Å². The summed E-state index contributed by atoms with van der Waals surface area (Å²) in [7, 11) is 3.29. The lowest BCUT2D eigenvalue weighted by Crippen LogP contribution is -2.27. The number of carboxylic acids is 1. The largest absolute Gasteiger partial charge is 0.481 e. The monoisotopic (exact) mass is 965 g/mol. The highest BCUT2D eigenvalue weighted by atomic mass is 16.5. The molecule has 0 aromatic carbocycles. The molecule has 11 heteroatoms. The number of amides is 1. The number of nitrogens with two attached hydrogens (primary N) is 1. The van der Waals surface area contributed by atoms with Gasteiger partial charge in [-0.2, -0.15) is 0 Å². The number of ether oxygens (including phenoxy) is 6. The Kier molecular flexibility index (Phi) is 67.6. The van der Waals surface area contributed by atoms with Crippen molar-refractivity contribution in [3.8, 4) is 0 Å². The number of hydrogen-bond acceptors (Lipinski definition) is 9. The predicted molar refractivity (Wildman–Crippen MR) is 292 cm³/mol. The minimum Gasteiger partial charge on any atom is -0.481 e. The number of carbonyl (C=O) groups is 2. The molecule has 0 aromatic rings. The second-order valence-corrected chi connectivity index (χ2v) is 14.9. The molecule has 0 spiro atoms. The molecule has 0 rings (SSSR count). The van der Waals surface area contributed by atoms with Gasteiger partial charge in [0.25, 0.3) is 0 Å². The smallest absolute Gasteiger partial charge is 0.303 e. The molecule has 0 radical (unpaired) electrons. The van der Waals surface area contributed by atoms with Crippen molar-refractivity contribution >= 4 is 11.9 Å². The quantitative estimate of drug-likeness (QED) is 0.0398. The van der Waals surface area contributed by atoms with Crippen LogP contribution in [0.5, 0.6) is 0 Å². The van der Waals surface area contributed by atoms with E-state index in [0.717, 1.165) is 83.5 Å². The number of hydrogen-bond donors (Lipinski definition) is 3. The minimum absolute atomic E-state index is 0.0551. The Labute approximate surface area is 420 Å². The second kappa shape index (κ2) is 67.8. The first-order valence-electron chi connectivity index (χ1n) is 25.3. The van der Waals surface area contributed by atoms with E-state index in [1.807, 2.05) is 12.2 Å². The molecule has 0 aliphatic rings. The van der Waals surface area contributed by atoms with Gasteiger partial charge in [-0.15, -0.1) is 0 Å². The lowest BCUT2D eigenvalue weighted by atomic mass is 10.2. The van der Waals surface area contributed by atoms with Crippen LogP contribution in [0, 0.1) is 0 Å². The molecule has 0 bridgehead atoms. The molecule has 0 heterocycles. The fourth-order valence-corrected chi connectivity index (χ4v) is 5.06. The van der Waals surface area contributed by atoms with Crippen molar-refractivity contribution < 1.29 is 43.1 Å². The van der Waals surface area contributed by atoms with Crippen LogP contribution in [0.25, 0.3) is 0 Å². The molecular weight excluding hydrogens is 869 g/mol. The van der Waals surface area contributed by atoms with Gasteiger partial charge in [-0.1, -0.05) is 160 Å². The molecule has 392 valence electrons. The van der Waals surface area contributed by atoms with Crippen LogP contribution >= 0.6 is 0 Å². The maximum atomic E-state index is 11.8. The van der Waals surface area contributed by atoms with Gasteiger partial charge in [-0.3, -0.25) is 9.59 Å². The molecule has 1 amide bonds. The Morgan fingerprint density at radius 3 is 0.971 bits per heavy atom. The van der Waals surface area contributed by atoms with Crippen LogP contribution in [0.1, 0.15) is 117 Å². The molecule has 0 fully saturated rings. The van der Waals surface area contributed by atoms with Crippen LogP contribution in [0.3, 0.4) is 0 Å². The number of carboxylic acid groups (broad SMARTS) is 1. The highest BCUT2D eigenvalue weighted by molar-refractivity contribution is 5.75. The maximum Gasteiger partial charge on any atom is 0.303 e. The van der Waals surface area contributed by atoms with Gasteiger partial charge in [-0.25, -0.2) is 0 Å². The highest BCUT2D eigenvalue weighted by Gasteiger charge is 1.98. The Morgan fingerprint density at radius 2 is 0.667 bits per heavy atom. The van der Waals surface area contributed by atoms with Crippen molar-refractivity contribution in [3.05, 3.63) is 146 Å². The van der Waals surface area contributed by atoms with Gasteiger partial charge in [0.15, 0.2) is 0 Å².